The van der Waals surface area contributed by atoms with E-state index in [2.05, 4.69) is 20.3 Å². The number of rotatable bonds is 4. The van der Waals surface area contributed by atoms with Crippen LogP contribution in [0.2, 0.25) is 0 Å². The second-order valence-corrected chi connectivity index (χ2v) is 3.22. The summed E-state index contributed by atoms with van der Waals surface area (Å²) in [5.41, 5.74) is 7.12. The monoisotopic (exact) mass is 217 g/mol. The Kier molecular flexibility index (Phi) is 2.81. The number of anilines is 1. The van der Waals surface area contributed by atoms with Crippen molar-refractivity contribution in [3.05, 3.63) is 42.2 Å². The number of aromatic amines is 1. The summed E-state index contributed by atoms with van der Waals surface area (Å²) in [5, 5.41) is 3.12. The van der Waals surface area contributed by atoms with Gasteiger partial charge in [-0.05, 0) is 12.1 Å². The molecule has 0 fully saturated rings. The fourth-order valence-electron chi connectivity index (χ4n) is 1.25. The Bertz CT molecular complexity index is 480. The largest absolute Gasteiger partial charge is 0.379 e. The van der Waals surface area contributed by atoms with Crippen molar-refractivity contribution in [1.29, 1.82) is 0 Å². The van der Waals surface area contributed by atoms with Gasteiger partial charge < -0.3 is 16.0 Å². The van der Waals surface area contributed by atoms with E-state index in [9.17, 15) is 4.79 Å². The average molecular weight is 217 g/mol. The molecule has 0 aliphatic rings. The fraction of sp³-hybridized carbons (Fsp3) is 0.100. The van der Waals surface area contributed by atoms with Crippen LogP contribution >= 0.6 is 0 Å². The summed E-state index contributed by atoms with van der Waals surface area (Å²) in [5.74, 6) is -0.537. The number of pyridine rings is 1. The standard InChI is InChI=1S/C10H11N5O/c11-10(16)9-3-7(1-2-13-9)14-5-8-4-12-6-15-8/h1-4,6H,5H2,(H2,11,16)(H,12,15)(H,13,14). The van der Waals surface area contributed by atoms with Crippen LogP contribution in [0.4, 0.5) is 5.69 Å². The van der Waals surface area contributed by atoms with Crippen molar-refractivity contribution >= 4 is 11.6 Å². The Morgan fingerprint density at radius 3 is 3.12 bits per heavy atom. The Hall–Kier alpha value is -2.37. The molecule has 1 amide bonds. The number of nitrogens with zero attached hydrogens (tertiary/aromatic N) is 2. The fourth-order valence-corrected chi connectivity index (χ4v) is 1.25. The average Bonchev–Trinajstić information content (AvgIpc) is 2.79. The smallest absolute Gasteiger partial charge is 0.267 e. The Morgan fingerprint density at radius 2 is 2.44 bits per heavy atom. The zero-order valence-corrected chi connectivity index (χ0v) is 8.47. The quantitative estimate of drug-likeness (QED) is 0.695. The van der Waals surface area contributed by atoms with Crippen LogP contribution in [0.3, 0.4) is 0 Å². The normalized spacial score (nSPS) is 10.0. The molecule has 0 unspecified atom stereocenters. The van der Waals surface area contributed by atoms with Crippen molar-refractivity contribution in [2.45, 2.75) is 6.54 Å². The lowest BCUT2D eigenvalue weighted by atomic mass is 10.3. The molecule has 0 aliphatic carbocycles. The molecule has 0 aliphatic heterocycles. The number of nitrogens with one attached hydrogen (secondary N) is 2. The van der Waals surface area contributed by atoms with Crippen LogP contribution in [0.15, 0.2) is 30.9 Å². The highest BCUT2D eigenvalue weighted by Gasteiger charge is 2.02. The predicted octanol–water partition coefficient (Wildman–Crippen LogP) is 0.516. The molecule has 2 aromatic heterocycles. The lowest BCUT2D eigenvalue weighted by Gasteiger charge is -2.05. The molecule has 0 aromatic carbocycles. The minimum Gasteiger partial charge on any atom is -0.379 e. The van der Waals surface area contributed by atoms with Crippen LogP contribution < -0.4 is 11.1 Å². The Labute approximate surface area is 91.9 Å². The van der Waals surface area contributed by atoms with Crippen molar-refractivity contribution in [1.82, 2.24) is 15.0 Å². The number of aromatic nitrogens is 3. The number of primary amides is 1. The maximum Gasteiger partial charge on any atom is 0.267 e. The molecule has 0 saturated carbocycles. The van der Waals surface area contributed by atoms with E-state index in [4.69, 9.17) is 5.73 Å². The molecule has 0 radical (unpaired) electrons. The predicted molar refractivity (Wildman–Crippen MR) is 58.7 cm³/mol. The highest BCUT2D eigenvalue weighted by atomic mass is 16.1. The van der Waals surface area contributed by atoms with Gasteiger partial charge in [-0.2, -0.15) is 0 Å². The van der Waals surface area contributed by atoms with Gasteiger partial charge in [0.15, 0.2) is 0 Å². The third-order valence-electron chi connectivity index (χ3n) is 2.05. The summed E-state index contributed by atoms with van der Waals surface area (Å²) in [6.45, 7) is 0.599. The third kappa shape index (κ3) is 2.35. The number of hydrogen-bond donors (Lipinski definition) is 3. The van der Waals surface area contributed by atoms with Crippen LogP contribution in [0.25, 0.3) is 0 Å². The first-order valence-corrected chi connectivity index (χ1v) is 4.72. The molecule has 2 rings (SSSR count). The van der Waals surface area contributed by atoms with Crippen LogP contribution in [0.1, 0.15) is 16.2 Å². The number of amides is 1. The number of H-pyrrole nitrogens is 1. The van der Waals surface area contributed by atoms with E-state index >= 15 is 0 Å². The van der Waals surface area contributed by atoms with Gasteiger partial charge in [0, 0.05) is 18.1 Å². The van der Waals surface area contributed by atoms with Crippen molar-refractivity contribution in [2.24, 2.45) is 5.73 Å². The number of imidazole rings is 1. The highest BCUT2D eigenvalue weighted by molar-refractivity contribution is 5.91. The summed E-state index contributed by atoms with van der Waals surface area (Å²) < 4.78 is 0. The molecule has 6 heteroatoms. The van der Waals surface area contributed by atoms with E-state index < -0.39 is 5.91 Å². The first-order valence-electron chi connectivity index (χ1n) is 4.72. The lowest BCUT2D eigenvalue weighted by molar-refractivity contribution is 0.0995. The van der Waals surface area contributed by atoms with E-state index in [1.807, 2.05) is 0 Å². The molecule has 2 heterocycles. The van der Waals surface area contributed by atoms with Crippen LogP contribution in [0.5, 0.6) is 0 Å². The molecule has 0 bridgehead atoms. The van der Waals surface area contributed by atoms with Crippen molar-refractivity contribution in [3.63, 3.8) is 0 Å². The zero-order chi connectivity index (χ0) is 11.4. The minimum atomic E-state index is -0.537. The van der Waals surface area contributed by atoms with Crippen molar-refractivity contribution in [3.8, 4) is 0 Å². The Morgan fingerprint density at radius 1 is 1.56 bits per heavy atom. The second kappa shape index (κ2) is 4.43. The molecule has 0 spiro atoms. The molecule has 82 valence electrons. The maximum absolute atomic E-state index is 10.9. The molecule has 2 aromatic rings. The summed E-state index contributed by atoms with van der Waals surface area (Å²) >= 11 is 0. The zero-order valence-electron chi connectivity index (χ0n) is 8.47. The highest BCUT2D eigenvalue weighted by Crippen LogP contribution is 2.08. The second-order valence-electron chi connectivity index (χ2n) is 3.22. The summed E-state index contributed by atoms with van der Waals surface area (Å²) in [6.07, 6.45) is 4.87. The van der Waals surface area contributed by atoms with Crippen LogP contribution in [-0.4, -0.2) is 20.9 Å². The summed E-state index contributed by atoms with van der Waals surface area (Å²) in [7, 11) is 0. The molecule has 0 saturated heterocycles. The lowest BCUT2D eigenvalue weighted by Crippen LogP contribution is -2.13. The molecule has 0 atom stereocenters. The minimum absolute atomic E-state index is 0.245. The molecule has 4 N–H and O–H groups in total. The molecular formula is C10H11N5O. The Balaban J connectivity index is 2.04. The van der Waals surface area contributed by atoms with E-state index in [-0.39, 0.29) is 5.69 Å². The number of nitrogens with two attached hydrogens (primary N) is 1. The SMILES string of the molecule is NC(=O)c1cc(NCc2cnc[nH]2)ccn1. The number of hydrogen-bond acceptors (Lipinski definition) is 4. The molecule has 16 heavy (non-hydrogen) atoms. The van der Waals surface area contributed by atoms with E-state index in [0.717, 1.165) is 11.4 Å². The van der Waals surface area contributed by atoms with Gasteiger partial charge >= 0.3 is 0 Å². The summed E-state index contributed by atoms with van der Waals surface area (Å²) in [4.78, 5) is 21.6. The first kappa shape index (κ1) is 10.2. The number of carbonyl (C=O) groups is 1. The van der Waals surface area contributed by atoms with E-state index in [1.54, 1.807) is 24.7 Å². The summed E-state index contributed by atoms with van der Waals surface area (Å²) in [6, 6.07) is 3.38. The van der Waals surface area contributed by atoms with E-state index in [1.165, 1.54) is 6.20 Å². The van der Waals surface area contributed by atoms with Crippen LogP contribution in [0, 0.1) is 0 Å². The maximum atomic E-state index is 10.9. The van der Waals surface area contributed by atoms with Crippen molar-refractivity contribution in [2.75, 3.05) is 5.32 Å². The van der Waals surface area contributed by atoms with Crippen molar-refractivity contribution < 1.29 is 4.79 Å². The van der Waals surface area contributed by atoms with Crippen LogP contribution in [-0.2, 0) is 6.54 Å². The number of carbonyl (C=O) groups excluding carboxylic acids is 1. The molecular weight excluding hydrogens is 206 g/mol. The topological polar surface area (TPSA) is 96.7 Å². The van der Waals surface area contributed by atoms with Gasteiger partial charge in [-0.1, -0.05) is 0 Å². The van der Waals surface area contributed by atoms with E-state index in [0.29, 0.717) is 6.54 Å². The van der Waals surface area contributed by atoms with Gasteiger partial charge in [0.05, 0.1) is 18.6 Å². The van der Waals surface area contributed by atoms with Gasteiger partial charge in [-0.3, -0.25) is 9.78 Å². The van der Waals surface area contributed by atoms with Gasteiger partial charge in [0.25, 0.3) is 5.91 Å². The van der Waals surface area contributed by atoms with Gasteiger partial charge in [0.2, 0.25) is 0 Å². The van der Waals surface area contributed by atoms with Gasteiger partial charge in [0.1, 0.15) is 5.69 Å². The third-order valence-corrected chi connectivity index (χ3v) is 2.05. The van der Waals surface area contributed by atoms with Gasteiger partial charge in [-0.25, -0.2) is 4.98 Å². The molecule has 6 nitrogen and oxygen atoms in total. The van der Waals surface area contributed by atoms with Gasteiger partial charge in [-0.15, -0.1) is 0 Å². The first-order chi connectivity index (χ1) is 7.75.